The standard InChI is InChI=1S/C18H30N2O.2ClH/c1-3-5-6-10-18(20-13-11-19-12-14-20)16-8-7-9-17(15-16)21-4-2;;/h7-9,15,18-19H,3-6,10-14H2,1-2H3;2*1H/t18-;;/m0../s1. The van der Waals surface area contributed by atoms with Gasteiger partial charge in [-0.05, 0) is 31.0 Å². The smallest absolute Gasteiger partial charge is 0.119 e. The van der Waals surface area contributed by atoms with Crippen LogP contribution in [0.1, 0.15) is 51.1 Å². The molecule has 134 valence electrons. The number of nitrogens with zero attached hydrogens (tertiary/aromatic N) is 1. The molecular weight excluding hydrogens is 331 g/mol. The Morgan fingerprint density at radius 2 is 1.87 bits per heavy atom. The van der Waals surface area contributed by atoms with Gasteiger partial charge in [0.25, 0.3) is 0 Å². The molecule has 1 fully saturated rings. The summed E-state index contributed by atoms with van der Waals surface area (Å²) in [6.07, 6.45) is 5.17. The van der Waals surface area contributed by atoms with Crippen molar-refractivity contribution in [2.24, 2.45) is 0 Å². The summed E-state index contributed by atoms with van der Waals surface area (Å²) < 4.78 is 5.68. The van der Waals surface area contributed by atoms with Crippen molar-refractivity contribution in [3.63, 3.8) is 0 Å². The molecule has 23 heavy (non-hydrogen) atoms. The van der Waals surface area contributed by atoms with Crippen molar-refractivity contribution in [1.82, 2.24) is 10.2 Å². The second kappa shape index (κ2) is 12.9. The van der Waals surface area contributed by atoms with Crippen LogP contribution in [0.4, 0.5) is 0 Å². The number of rotatable bonds is 8. The molecule has 0 unspecified atom stereocenters. The summed E-state index contributed by atoms with van der Waals surface area (Å²) in [4.78, 5) is 2.64. The van der Waals surface area contributed by atoms with E-state index in [1.807, 2.05) is 6.92 Å². The molecule has 1 aliphatic rings. The van der Waals surface area contributed by atoms with Crippen LogP contribution in [-0.4, -0.2) is 37.7 Å². The van der Waals surface area contributed by atoms with Crippen LogP contribution >= 0.6 is 24.8 Å². The SMILES string of the molecule is CCCCC[C@@H](c1cccc(OCC)c1)N1CCNCC1.Cl.Cl. The molecule has 5 heteroatoms. The van der Waals surface area contributed by atoms with Crippen molar-refractivity contribution >= 4 is 24.8 Å². The summed E-state index contributed by atoms with van der Waals surface area (Å²) in [6, 6.07) is 9.24. The summed E-state index contributed by atoms with van der Waals surface area (Å²) >= 11 is 0. The van der Waals surface area contributed by atoms with E-state index >= 15 is 0 Å². The van der Waals surface area contributed by atoms with Crippen molar-refractivity contribution in [1.29, 1.82) is 0 Å². The number of benzene rings is 1. The van der Waals surface area contributed by atoms with Crippen molar-refractivity contribution in [3.05, 3.63) is 29.8 Å². The molecule has 1 saturated heterocycles. The maximum atomic E-state index is 5.68. The predicted octanol–water partition coefficient (Wildman–Crippen LogP) is 4.46. The predicted molar refractivity (Wildman–Crippen MR) is 103 cm³/mol. The van der Waals surface area contributed by atoms with Crippen molar-refractivity contribution in [3.8, 4) is 5.75 Å². The van der Waals surface area contributed by atoms with Crippen LogP contribution < -0.4 is 10.1 Å². The highest BCUT2D eigenvalue weighted by atomic mass is 35.5. The number of halogens is 2. The van der Waals surface area contributed by atoms with Gasteiger partial charge in [-0.15, -0.1) is 24.8 Å². The molecule has 0 radical (unpaired) electrons. The van der Waals surface area contributed by atoms with Gasteiger partial charge in [0, 0.05) is 32.2 Å². The van der Waals surface area contributed by atoms with Crippen molar-refractivity contribution in [2.45, 2.75) is 45.6 Å². The molecule has 2 rings (SSSR count). The van der Waals surface area contributed by atoms with Crippen LogP contribution in [0.2, 0.25) is 0 Å². The van der Waals surface area contributed by atoms with Gasteiger partial charge in [0.05, 0.1) is 6.61 Å². The molecule has 0 amide bonds. The van der Waals surface area contributed by atoms with Crippen molar-refractivity contribution < 1.29 is 4.74 Å². The summed E-state index contributed by atoms with van der Waals surface area (Å²) in [6.45, 7) is 9.56. The monoisotopic (exact) mass is 362 g/mol. The van der Waals surface area contributed by atoms with Crippen LogP contribution in [0, 0.1) is 0 Å². The first-order valence-electron chi connectivity index (χ1n) is 8.52. The maximum Gasteiger partial charge on any atom is 0.119 e. The minimum Gasteiger partial charge on any atom is -0.494 e. The number of hydrogen-bond acceptors (Lipinski definition) is 3. The topological polar surface area (TPSA) is 24.5 Å². The van der Waals surface area contributed by atoms with Gasteiger partial charge < -0.3 is 10.1 Å². The Balaban J connectivity index is 0.00000242. The van der Waals surface area contributed by atoms with Gasteiger partial charge in [0.15, 0.2) is 0 Å². The molecule has 0 bridgehead atoms. The molecule has 1 N–H and O–H groups in total. The second-order valence-electron chi connectivity index (χ2n) is 5.80. The fourth-order valence-corrected chi connectivity index (χ4v) is 3.12. The molecule has 0 aromatic heterocycles. The second-order valence-corrected chi connectivity index (χ2v) is 5.80. The Labute approximate surface area is 154 Å². The van der Waals surface area contributed by atoms with Crippen LogP contribution in [0.15, 0.2) is 24.3 Å². The lowest BCUT2D eigenvalue weighted by molar-refractivity contribution is 0.162. The Morgan fingerprint density at radius 3 is 2.52 bits per heavy atom. The van der Waals surface area contributed by atoms with Gasteiger partial charge in [-0.2, -0.15) is 0 Å². The number of unbranched alkanes of at least 4 members (excludes halogenated alkanes) is 2. The van der Waals surface area contributed by atoms with E-state index in [0.717, 1.165) is 38.5 Å². The quantitative estimate of drug-likeness (QED) is 0.691. The molecule has 0 saturated carbocycles. The largest absolute Gasteiger partial charge is 0.494 e. The first-order valence-corrected chi connectivity index (χ1v) is 8.52. The van der Waals surface area contributed by atoms with Gasteiger partial charge in [0.2, 0.25) is 0 Å². The van der Waals surface area contributed by atoms with Crippen LogP contribution in [0.5, 0.6) is 5.75 Å². The Bertz CT molecular complexity index is 412. The van der Waals surface area contributed by atoms with Gasteiger partial charge in [-0.1, -0.05) is 38.3 Å². The number of piperazine rings is 1. The van der Waals surface area contributed by atoms with Crippen LogP contribution in [0.3, 0.4) is 0 Å². The summed E-state index contributed by atoms with van der Waals surface area (Å²) in [5.74, 6) is 1.01. The highest BCUT2D eigenvalue weighted by Gasteiger charge is 2.22. The third-order valence-electron chi connectivity index (χ3n) is 4.23. The van der Waals surface area contributed by atoms with Gasteiger partial charge in [-0.25, -0.2) is 0 Å². The molecule has 1 heterocycles. The van der Waals surface area contributed by atoms with Crippen molar-refractivity contribution in [2.75, 3.05) is 32.8 Å². The average molecular weight is 363 g/mol. The average Bonchev–Trinajstić information content (AvgIpc) is 2.53. The Kier molecular flexibility index (Phi) is 12.6. The van der Waals surface area contributed by atoms with E-state index in [0.29, 0.717) is 6.04 Å². The minimum atomic E-state index is 0. The molecular formula is C18H32Cl2N2O. The molecule has 1 aromatic rings. The number of nitrogens with one attached hydrogen (secondary N) is 1. The molecule has 0 spiro atoms. The normalized spacial score (nSPS) is 16.1. The highest BCUT2D eigenvalue weighted by Crippen LogP contribution is 2.29. The van der Waals surface area contributed by atoms with E-state index in [-0.39, 0.29) is 24.8 Å². The first kappa shape index (κ1) is 22.5. The maximum absolute atomic E-state index is 5.68. The van der Waals surface area contributed by atoms with Gasteiger partial charge in [0.1, 0.15) is 5.75 Å². The minimum absolute atomic E-state index is 0. The van der Waals surface area contributed by atoms with Crippen LogP contribution in [-0.2, 0) is 0 Å². The zero-order chi connectivity index (χ0) is 14.9. The molecule has 1 atom stereocenters. The third-order valence-corrected chi connectivity index (χ3v) is 4.23. The fourth-order valence-electron chi connectivity index (χ4n) is 3.12. The lowest BCUT2D eigenvalue weighted by atomic mass is 9.98. The van der Waals surface area contributed by atoms with Gasteiger partial charge in [-0.3, -0.25) is 4.90 Å². The molecule has 1 aromatic carbocycles. The summed E-state index contributed by atoms with van der Waals surface area (Å²) in [5, 5.41) is 3.45. The van der Waals surface area contributed by atoms with E-state index in [1.165, 1.54) is 31.2 Å². The lowest BCUT2D eigenvalue weighted by Crippen LogP contribution is -2.45. The Morgan fingerprint density at radius 1 is 1.13 bits per heavy atom. The van der Waals surface area contributed by atoms with Crippen LogP contribution in [0.25, 0.3) is 0 Å². The van der Waals surface area contributed by atoms with E-state index in [1.54, 1.807) is 0 Å². The summed E-state index contributed by atoms with van der Waals surface area (Å²) in [5.41, 5.74) is 1.42. The fraction of sp³-hybridized carbons (Fsp3) is 0.667. The zero-order valence-corrected chi connectivity index (χ0v) is 16.1. The van der Waals surface area contributed by atoms with Gasteiger partial charge >= 0.3 is 0 Å². The van der Waals surface area contributed by atoms with E-state index in [9.17, 15) is 0 Å². The van der Waals surface area contributed by atoms with E-state index < -0.39 is 0 Å². The highest BCUT2D eigenvalue weighted by molar-refractivity contribution is 5.85. The number of ether oxygens (including phenoxy) is 1. The molecule has 1 aliphatic heterocycles. The Hall–Kier alpha value is -0.480. The first-order chi connectivity index (χ1) is 10.3. The molecule has 3 nitrogen and oxygen atoms in total. The van der Waals surface area contributed by atoms with E-state index in [2.05, 4.69) is 41.4 Å². The lowest BCUT2D eigenvalue weighted by Gasteiger charge is -2.35. The van der Waals surface area contributed by atoms with E-state index in [4.69, 9.17) is 4.74 Å². The number of hydrogen-bond donors (Lipinski definition) is 1. The zero-order valence-electron chi connectivity index (χ0n) is 14.4. The third kappa shape index (κ3) is 7.30. The summed E-state index contributed by atoms with van der Waals surface area (Å²) in [7, 11) is 0. The molecule has 0 aliphatic carbocycles.